The molecule has 128 valence electrons. The van der Waals surface area contributed by atoms with Gasteiger partial charge in [-0.2, -0.15) is 4.98 Å². The zero-order chi connectivity index (χ0) is 17.2. The normalized spacial score (nSPS) is 18.8. The van der Waals surface area contributed by atoms with Gasteiger partial charge in [-0.05, 0) is 37.0 Å². The van der Waals surface area contributed by atoms with Crippen molar-refractivity contribution in [3.05, 3.63) is 47.6 Å². The standard InChI is InChI=1S/C18H18N4O2S/c1-11-19-8-16(13-6-21-25-10-13)18(22-11)24-9-12-5-15(12)17-4-3-14(23-2)7-20-17/h3-4,6-8,10,12,15H,5,9H2,1-2H3/t12-,15+/m1/s1. The van der Waals surface area contributed by atoms with Crippen molar-refractivity contribution in [2.24, 2.45) is 5.92 Å². The van der Waals surface area contributed by atoms with E-state index in [0.717, 1.165) is 29.0 Å². The highest BCUT2D eigenvalue weighted by Gasteiger charge is 2.40. The minimum absolute atomic E-state index is 0.445. The summed E-state index contributed by atoms with van der Waals surface area (Å²) in [5.41, 5.74) is 2.97. The zero-order valence-corrected chi connectivity index (χ0v) is 14.9. The molecule has 1 aliphatic rings. The summed E-state index contributed by atoms with van der Waals surface area (Å²) in [7, 11) is 1.65. The van der Waals surface area contributed by atoms with Crippen LogP contribution in [0.4, 0.5) is 0 Å². The number of pyridine rings is 1. The minimum atomic E-state index is 0.445. The summed E-state index contributed by atoms with van der Waals surface area (Å²) in [5, 5.41) is 1.97. The fraction of sp³-hybridized carbons (Fsp3) is 0.333. The maximum Gasteiger partial charge on any atom is 0.224 e. The third kappa shape index (κ3) is 3.46. The molecule has 3 aromatic heterocycles. The lowest BCUT2D eigenvalue weighted by Crippen LogP contribution is -2.05. The molecule has 0 amide bonds. The third-order valence-corrected chi connectivity index (χ3v) is 4.94. The predicted molar refractivity (Wildman–Crippen MR) is 95.0 cm³/mol. The van der Waals surface area contributed by atoms with Crippen LogP contribution < -0.4 is 9.47 Å². The molecule has 0 aromatic carbocycles. The van der Waals surface area contributed by atoms with Crippen molar-refractivity contribution in [2.45, 2.75) is 19.3 Å². The van der Waals surface area contributed by atoms with Crippen molar-refractivity contribution in [3.8, 4) is 22.8 Å². The molecule has 2 atom stereocenters. The van der Waals surface area contributed by atoms with Crippen molar-refractivity contribution < 1.29 is 9.47 Å². The summed E-state index contributed by atoms with van der Waals surface area (Å²) in [6.45, 7) is 2.49. The molecule has 3 heterocycles. The van der Waals surface area contributed by atoms with Gasteiger partial charge in [0.15, 0.2) is 0 Å². The van der Waals surface area contributed by atoms with Crippen molar-refractivity contribution >= 4 is 11.5 Å². The largest absolute Gasteiger partial charge is 0.495 e. The molecule has 0 aliphatic heterocycles. The highest BCUT2D eigenvalue weighted by molar-refractivity contribution is 7.03. The Kier molecular flexibility index (Phi) is 4.31. The van der Waals surface area contributed by atoms with E-state index in [1.807, 2.05) is 30.6 Å². The Balaban J connectivity index is 1.43. The highest BCUT2D eigenvalue weighted by Crippen LogP contribution is 2.47. The first kappa shape index (κ1) is 16.0. The molecule has 1 saturated carbocycles. The Labute approximate surface area is 150 Å². The van der Waals surface area contributed by atoms with E-state index in [1.54, 1.807) is 19.5 Å². The van der Waals surface area contributed by atoms with Crippen LogP contribution in [0.5, 0.6) is 11.6 Å². The Morgan fingerprint density at radius 3 is 2.84 bits per heavy atom. The first-order valence-electron chi connectivity index (χ1n) is 8.10. The fourth-order valence-electron chi connectivity index (χ4n) is 2.81. The molecule has 3 aromatic rings. The lowest BCUT2D eigenvalue weighted by Gasteiger charge is -2.09. The van der Waals surface area contributed by atoms with E-state index in [-0.39, 0.29) is 0 Å². The van der Waals surface area contributed by atoms with Crippen LogP contribution in [-0.2, 0) is 0 Å². The van der Waals surface area contributed by atoms with E-state index >= 15 is 0 Å². The number of methoxy groups -OCH3 is 1. The average Bonchev–Trinajstić information content (AvgIpc) is 3.21. The molecule has 1 aliphatic carbocycles. The maximum absolute atomic E-state index is 6.04. The molecule has 0 saturated heterocycles. The molecule has 0 spiro atoms. The van der Waals surface area contributed by atoms with E-state index in [1.165, 1.54) is 11.5 Å². The van der Waals surface area contributed by atoms with E-state index in [0.29, 0.717) is 30.1 Å². The van der Waals surface area contributed by atoms with Gasteiger partial charge >= 0.3 is 0 Å². The number of nitrogens with zero attached hydrogens (tertiary/aromatic N) is 4. The Morgan fingerprint density at radius 2 is 2.12 bits per heavy atom. The highest BCUT2D eigenvalue weighted by atomic mass is 32.1. The van der Waals surface area contributed by atoms with E-state index in [9.17, 15) is 0 Å². The van der Waals surface area contributed by atoms with Gasteiger partial charge in [0.1, 0.15) is 11.6 Å². The number of aromatic nitrogens is 4. The zero-order valence-electron chi connectivity index (χ0n) is 14.0. The molecule has 1 fully saturated rings. The van der Waals surface area contributed by atoms with Gasteiger partial charge < -0.3 is 9.47 Å². The van der Waals surface area contributed by atoms with Gasteiger partial charge in [-0.25, -0.2) is 9.36 Å². The Hall–Kier alpha value is -2.54. The topological polar surface area (TPSA) is 70.0 Å². The molecule has 0 radical (unpaired) electrons. The van der Waals surface area contributed by atoms with E-state index < -0.39 is 0 Å². The lowest BCUT2D eigenvalue weighted by molar-refractivity contribution is 0.285. The molecule has 7 heteroatoms. The van der Waals surface area contributed by atoms with Crippen LogP contribution in [-0.4, -0.2) is 33.0 Å². The fourth-order valence-corrected chi connectivity index (χ4v) is 3.34. The van der Waals surface area contributed by atoms with Crippen molar-refractivity contribution in [1.29, 1.82) is 0 Å². The van der Waals surface area contributed by atoms with Crippen molar-refractivity contribution in [2.75, 3.05) is 13.7 Å². The number of aryl methyl sites for hydroxylation is 1. The molecular weight excluding hydrogens is 336 g/mol. The quantitative estimate of drug-likeness (QED) is 0.675. The van der Waals surface area contributed by atoms with Gasteiger partial charge in [-0.1, -0.05) is 0 Å². The van der Waals surface area contributed by atoms with E-state index in [4.69, 9.17) is 9.47 Å². The summed E-state index contributed by atoms with van der Waals surface area (Å²) in [5.74, 6) is 3.01. The van der Waals surface area contributed by atoms with Gasteiger partial charge in [0.05, 0.1) is 25.5 Å². The third-order valence-electron chi connectivity index (χ3n) is 4.35. The van der Waals surface area contributed by atoms with Gasteiger partial charge in [-0.15, -0.1) is 0 Å². The monoisotopic (exact) mass is 354 g/mol. The van der Waals surface area contributed by atoms with Crippen molar-refractivity contribution in [1.82, 2.24) is 19.3 Å². The van der Waals surface area contributed by atoms with Gasteiger partial charge in [0, 0.05) is 40.9 Å². The van der Waals surface area contributed by atoms with Crippen LogP contribution in [0.15, 0.2) is 36.1 Å². The second-order valence-electron chi connectivity index (χ2n) is 6.09. The van der Waals surface area contributed by atoms with Crippen LogP contribution in [0.3, 0.4) is 0 Å². The van der Waals surface area contributed by atoms with Gasteiger partial charge in [0.2, 0.25) is 5.88 Å². The molecule has 0 N–H and O–H groups in total. The van der Waals surface area contributed by atoms with E-state index in [2.05, 4.69) is 19.3 Å². The SMILES string of the molecule is COc1ccc([C@H]2C[C@@H]2COc2nc(C)ncc2-c2cnsc2)nc1. The summed E-state index contributed by atoms with van der Waals surface area (Å²) >= 11 is 1.41. The molecule has 6 nitrogen and oxygen atoms in total. The number of hydrogen-bond donors (Lipinski definition) is 0. The van der Waals surface area contributed by atoms with Crippen LogP contribution >= 0.6 is 11.5 Å². The molecule has 25 heavy (non-hydrogen) atoms. The number of hydrogen-bond acceptors (Lipinski definition) is 7. The average molecular weight is 354 g/mol. The summed E-state index contributed by atoms with van der Waals surface area (Å²) < 4.78 is 15.3. The van der Waals surface area contributed by atoms with Crippen LogP contribution in [0.2, 0.25) is 0 Å². The maximum atomic E-state index is 6.04. The summed E-state index contributed by atoms with van der Waals surface area (Å²) in [4.78, 5) is 13.2. The van der Waals surface area contributed by atoms with Gasteiger partial charge in [-0.3, -0.25) is 4.98 Å². The Bertz CT molecular complexity index is 852. The first-order valence-corrected chi connectivity index (χ1v) is 8.94. The minimum Gasteiger partial charge on any atom is -0.495 e. The van der Waals surface area contributed by atoms with Gasteiger partial charge in [0.25, 0.3) is 0 Å². The van der Waals surface area contributed by atoms with Crippen LogP contribution in [0, 0.1) is 12.8 Å². The predicted octanol–water partition coefficient (Wildman–Crippen LogP) is 3.49. The molecule has 0 bridgehead atoms. The molecule has 0 unspecified atom stereocenters. The Morgan fingerprint density at radius 1 is 1.20 bits per heavy atom. The number of rotatable bonds is 6. The first-order chi connectivity index (χ1) is 12.2. The van der Waals surface area contributed by atoms with Crippen LogP contribution in [0.1, 0.15) is 23.9 Å². The lowest BCUT2D eigenvalue weighted by atomic mass is 10.2. The summed E-state index contributed by atoms with van der Waals surface area (Å²) in [6, 6.07) is 3.98. The summed E-state index contributed by atoms with van der Waals surface area (Å²) in [6.07, 6.45) is 6.46. The second kappa shape index (κ2) is 6.76. The number of ether oxygens (including phenoxy) is 2. The molecular formula is C18H18N4O2S. The van der Waals surface area contributed by atoms with Crippen molar-refractivity contribution in [3.63, 3.8) is 0 Å². The second-order valence-corrected chi connectivity index (χ2v) is 6.74. The van der Waals surface area contributed by atoms with Crippen LogP contribution in [0.25, 0.3) is 11.1 Å². The molecule has 4 rings (SSSR count). The smallest absolute Gasteiger partial charge is 0.224 e.